The Kier molecular flexibility index (Phi) is 4.41. The third kappa shape index (κ3) is 3.19. The normalized spacial score (nSPS) is 20.6. The van der Waals surface area contributed by atoms with E-state index in [-0.39, 0.29) is 0 Å². The van der Waals surface area contributed by atoms with Crippen molar-refractivity contribution in [3.05, 3.63) is 63.9 Å². The minimum absolute atomic E-state index is 0.449. The van der Waals surface area contributed by atoms with Crippen molar-refractivity contribution in [2.75, 3.05) is 6.54 Å². The van der Waals surface area contributed by atoms with Gasteiger partial charge in [0.15, 0.2) is 0 Å². The van der Waals surface area contributed by atoms with Crippen LogP contribution in [0.4, 0.5) is 0 Å². The van der Waals surface area contributed by atoms with Crippen molar-refractivity contribution >= 4 is 15.9 Å². The summed E-state index contributed by atoms with van der Waals surface area (Å²) in [4.78, 5) is 6.86. The molecule has 1 saturated heterocycles. The standard InChI is InChI=1S/C18H21BrN2/c1-13-5-7-15(8-6-13)14(2)21-11-3-4-17(21)16-9-10-20-18(19)12-16/h5-10,12,14,17H,3-4,11H2,1-2H3/t14?,17-/m0/s1. The molecule has 1 aliphatic heterocycles. The van der Waals surface area contributed by atoms with Gasteiger partial charge in [0.2, 0.25) is 0 Å². The van der Waals surface area contributed by atoms with Gasteiger partial charge in [-0.05, 0) is 72.4 Å². The smallest absolute Gasteiger partial charge is 0.106 e. The number of nitrogens with zero attached hydrogens (tertiary/aromatic N) is 2. The maximum absolute atomic E-state index is 4.25. The van der Waals surface area contributed by atoms with Crippen molar-refractivity contribution in [3.63, 3.8) is 0 Å². The first-order chi connectivity index (χ1) is 10.1. The van der Waals surface area contributed by atoms with Crippen LogP contribution in [0.5, 0.6) is 0 Å². The maximum Gasteiger partial charge on any atom is 0.106 e. The number of aryl methyl sites for hydroxylation is 1. The van der Waals surface area contributed by atoms with Gasteiger partial charge in [0.1, 0.15) is 4.60 Å². The molecule has 2 atom stereocenters. The van der Waals surface area contributed by atoms with Crippen LogP contribution in [0.15, 0.2) is 47.2 Å². The van der Waals surface area contributed by atoms with Crippen molar-refractivity contribution in [1.82, 2.24) is 9.88 Å². The van der Waals surface area contributed by atoms with Gasteiger partial charge in [-0.1, -0.05) is 29.8 Å². The number of benzene rings is 1. The van der Waals surface area contributed by atoms with E-state index in [2.05, 4.69) is 76.1 Å². The van der Waals surface area contributed by atoms with E-state index in [1.54, 1.807) is 0 Å². The highest BCUT2D eigenvalue weighted by atomic mass is 79.9. The second-order valence-corrected chi connectivity index (χ2v) is 6.71. The summed E-state index contributed by atoms with van der Waals surface area (Å²) in [5, 5.41) is 0. The molecule has 1 aromatic carbocycles. The van der Waals surface area contributed by atoms with E-state index in [0.717, 1.165) is 4.60 Å². The van der Waals surface area contributed by atoms with Crippen molar-refractivity contribution in [1.29, 1.82) is 0 Å². The van der Waals surface area contributed by atoms with Gasteiger partial charge in [-0.3, -0.25) is 4.90 Å². The summed E-state index contributed by atoms with van der Waals surface area (Å²) in [7, 11) is 0. The van der Waals surface area contributed by atoms with Crippen LogP contribution in [0.2, 0.25) is 0 Å². The first-order valence-corrected chi connectivity index (χ1v) is 8.38. The third-order valence-electron chi connectivity index (χ3n) is 4.49. The Morgan fingerprint density at radius 1 is 1.24 bits per heavy atom. The Balaban J connectivity index is 1.85. The quantitative estimate of drug-likeness (QED) is 0.724. The molecule has 21 heavy (non-hydrogen) atoms. The second-order valence-electron chi connectivity index (χ2n) is 5.89. The van der Waals surface area contributed by atoms with Crippen molar-refractivity contribution in [2.24, 2.45) is 0 Å². The summed E-state index contributed by atoms with van der Waals surface area (Å²) in [5.74, 6) is 0. The fraction of sp³-hybridized carbons (Fsp3) is 0.389. The summed E-state index contributed by atoms with van der Waals surface area (Å²) in [5.41, 5.74) is 4.09. The topological polar surface area (TPSA) is 16.1 Å². The minimum Gasteiger partial charge on any atom is -0.290 e. The number of likely N-dealkylation sites (tertiary alicyclic amines) is 1. The zero-order chi connectivity index (χ0) is 14.8. The lowest BCUT2D eigenvalue weighted by atomic mass is 10.0. The van der Waals surface area contributed by atoms with Crippen molar-refractivity contribution in [2.45, 2.75) is 38.8 Å². The Bertz CT molecular complexity index is 609. The molecule has 0 N–H and O–H groups in total. The molecule has 1 aromatic heterocycles. The molecule has 0 radical (unpaired) electrons. The van der Waals surface area contributed by atoms with Gasteiger partial charge < -0.3 is 0 Å². The summed E-state index contributed by atoms with van der Waals surface area (Å²) in [6, 6.07) is 14.2. The van der Waals surface area contributed by atoms with E-state index < -0.39 is 0 Å². The number of hydrogen-bond donors (Lipinski definition) is 0. The van der Waals surface area contributed by atoms with Gasteiger partial charge in [0.25, 0.3) is 0 Å². The molecule has 0 aliphatic carbocycles. The fourth-order valence-corrected chi connectivity index (χ4v) is 3.65. The highest BCUT2D eigenvalue weighted by molar-refractivity contribution is 9.10. The first-order valence-electron chi connectivity index (χ1n) is 7.59. The Morgan fingerprint density at radius 2 is 2.00 bits per heavy atom. The van der Waals surface area contributed by atoms with Gasteiger partial charge in [-0.2, -0.15) is 0 Å². The van der Waals surface area contributed by atoms with E-state index in [1.165, 1.54) is 36.1 Å². The van der Waals surface area contributed by atoms with E-state index in [9.17, 15) is 0 Å². The van der Waals surface area contributed by atoms with Gasteiger partial charge in [-0.15, -0.1) is 0 Å². The number of halogens is 1. The predicted molar refractivity (Wildman–Crippen MR) is 90.2 cm³/mol. The number of rotatable bonds is 3. The Hall–Kier alpha value is -1.19. The highest BCUT2D eigenvalue weighted by Gasteiger charge is 2.30. The predicted octanol–water partition coefficient (Wildman–Crippen LogP) is 5.05. The molecule has 1 aliphatic rings. The molecular formula is C18H21BrN2. The molecule has 0 bridgehead atoms. The summed E-state index contributed by atoms with van der Waals surface area (Å²) in [6.45, 7) is 5.63. The molecular weight excluding hydrogens is 324 g/mol. The molecule has 2 nitrogen and oxygen atoms in total. The van der Waals surface area contributed by atoms with Crippen LogP contribution in [-0.2, 0) is 0 Å². The number of hydrogen-bond acceptors (Lipinski definition) is 2. The molecule has 110 valence electrons. The van der Waals surface area contributed by atoms with Crippen LogP contribution in [-0.4, -0.2) is 16.4 Å². The lowest BCUT2D eigenvalue weighted by Gasteiger charge is -2.31. The SMILES string of the molecule is Cc1ccc(C(C)N2CCC[C@H]2c2ccnc(Br)c2)cc1. The Morgan fingerprint density at radius 3 is 2.71 bits per heavy atom. The van der Waals surface area contributed by atoms with E-state index in [4.69, 9.17) is 0 Å². The molecule has 0 spiro atoms. The third-order valence-corrected chi connectivity index (χ3v) is 4.92. The lowest BCUT2D eigenvalue weighted by molar-refractivity contribution is 0.194. The van der Waals surface area contributed by atoms with Gasteiger partial charge in [0.05, 0.1) is 0 Å². The molecule has 2 heterocycles. The van der Waals surface area contributed by atoms with Crippen molar-refractivity contribution in [3.8, 4) is 0 Å². The molecule has 3 rings (SSSR count). The van der Waals surface area contributed by atoms with E-state index in [1.807, 2.05) is 6.20 Å². The minimum atomic E-state index is 0.449. The van der Waals surface area contributed by atoms with Gasteiger partial charge in [-0.25, -0.2) is 4.98 Å². The molecule has 1 fully saturated rings. The van der Waals surface area contributed by atoms with E-state index in [0.29, 0.717) is 12.1 Å². The van der Waals surface area contributed by atoms with Crippen LogP contribution in [0.25, 0.3) is 0 Å². The maximum atomic E-state index is 4.25. The summed E-state index contributed by atoms with van der Waals surface area (Å²) < 4.78 is 0.926. The zero-order valence-corrected chi connectivity index (χ0v) is 14.2. The molecule has 2 aromatic rings. The first kappa shape index (κ1) is 14.7. The molecule has 0 saturated carbocycles. The Labute approximate surface area is 135 Å². The van der Waals surface area contributed by atoms with Gasteiger partial charge >= 0.3 is 0 Å². The summed E-state index contributed by atoms with van der Waals surface area (Å²) >= 11 is 3.49. The highest BCUT2D eigenvalue weighted by Crippen LogP contribution is 2.38. The number of aromatic nitrogens is 1. The van der Waals surface area contributed by atoms with Gasteiger partial charge in [0, 0.05) is 18.3 Å². The monoisotopic (exact) mass is 344 g/mol. The zero-order valence-electron chi connectivity index (χ0n) is 12.6. The van der Waals surface area contributed by atoms with Crippen LogP contribution < -0.4 is 0 Å². The second kappa shape index (κ2) is 6.29. The van der Waals surface area contributed by atoms with Crippen LogP contribution >= 0.6 is 15.9 Å². The molecule has 0 amide bonds. The van der Waals surface area contributed by atoms with Crippen LogP contribution in [0, 0.1) is 6.92 Å². The van der Waals surface area contributed by atoms with Crippen LogP contribution in [0.3, 0.4) is 0 Å². The lowest BCUT2D eigenvalue weighted by Crippen LogP contribution is -2.26. The molecule has 1 unspecified atom stereocenters. The fourth-order valence-electron chi connectivity index (χ4n) is 3.27. The van der Waals surface area contributed by atoms with E-state index >= 15 is 0 Å². The number of pyridine rings is 1. The average molecular weight is 345 g/mol. The molecule has 3 heteroatoms. The largest absolute Gasteiger partial charge is 0.290 e. The van der Waals surface area contributed by atoms with Crippen molar-refractivity contribution < 1.29 is 0 Å². The summed E-state index contributed by atoms with van der Waals surface area (Å²) in [6.07, 6.45) is 4.39. The average Bonchev–Trinajstić information content (AvgIpc) is 2.97. The van der Waals surface area contributed by atoms with Crippen LogP contribution in [0.1, 0.15) is 48.5 Å².